The lowest BCUT2D eigenvalue weighted by molar-refractivity contribution is 0.299. The average Bonchev–Trinajstić information content (AvgIpc) is 2.36. The fourth-order valence-electron chi connectivity index (χ4n) is 1.69. The van der Waals surface area contributed by atoms with Crippen molar-refractivity contribution in [2.75, 3.05) is 13.2 Å². The lowest BCUT2D eigenvalue weighted by Crippen LogP contribution is -2.19. The van der Waals surface area contributed by atoms with Crippen molar-refractivity contribution in [1.29, 1.82) is 0 Å². The first-order chi connectivity index (χ1) is 8.19. The molecule has 0 radical (unpaired) electrons. The van der Waals surface area contributed by atoms with Crippen LogP contribution in [-0.2, 0) is 4.74 Å². The highest BCUT2D eigenvalue weighted by Crippen LogP contribution is 2.18. The summed E-state index contributed by atoms with van der Waals surface area (Å²) in [6.07, 6.45) is 1.16. The van der Waals surface area contributed by atoms with Crippen LogP contribution in [0.1, 0.15) is 44.4 Å². The maximum atomic E-state index is 5.38. The summed E-state index contributed by atoms with van der Waals surface area (Å²) in [6, 6.07) is 8.79. The summed E-state index contributed by atoms with van der Waals surface area (Å²) in [5, 5.41) is 3.47. The summed E-state index contributed by atoms with van der Waals surface area (Å²) in [7, 11) is 0. The molecule has 1 unspecified atom stereocenters. The molecule has 1 rings (SSSR count). The Morgan fingerprint density at radius 1 is 1.29 bits per heavy atom. The van der Waals surface area contributed by atoms with Gasteiger partial charge in [-0.25, -0.2) is 0 Å². The molecule has 2 nitrogen and oxygen atoms in total. The van der Waals surface area contributed by atoms with Gasteiger partial charge in [-0.2, -0.15) is 0 Å². The monoisotopic (exact) mass is 233 g/mol. The van der Waals surface area contributed by atoms with Crippen molar-refractivity contribution >= 4 is 5.76 Å². The Morgan fingerprint density at radius 2 is 1.94 bits per heavy atom. The molecule has 2 heteroatoms. The molecule has 1 aromatic rings. The Morgan fingerprint density at radius 3 is 2.47 bits per heavy atom. The van der Waals surface area contributed by atoms with E-state index in [1.54, 1.807) is 0 Å². The van der Waals surface area contributed by atoms with Crippen molar-refractivity contribution in [3.8, 4) is 0 Å². The van der Waals surface area contributed by atoms with Crippen LogP contribution in [0.3, 0.4) is 0 Å². The summed E-state index contributed by atoms with van der Waals surface area (Å²) in [4.78, 5) is 0. The number of ether oxygens (including phenoxy) is 1. The Hall–Kier alpha value is -1.28. The van der Waals surface area contributed by atoms with Gasteiger partial charge in [-0.05, 0) is 32.4 Å². The molecular formula is C15H23NO. The van der Waals surface area contributed by atoms with E-state index in [0.717, 1.165) is 24.3 Å². The SMILES string of the molecule is C=C(OCC)c1ccc(C(C)NCCC)cc1. The standard InChI is InChI=1S/C15H23NO/c1-5-11-16-12(3)14-7-9-15(10-8-14)13(4)17-6-2/h7-10,12,16H,4-6,11H2,1-3H3. The van der Waals surface area contributed by atoms with Crippen molar-refractivity contribution in [3.63, 3.8) is 0 Å². The number of rotatable bonds is 7. The van der Waals surface area contributed by atoms with E-state index in [9.17, 15) is 0 Å². The molecular weight excluding hydrogens is 210 g/mol. The largest absolute Gasteiger partial charge is 0.494 e. The summed E-state index contributed by atoms with van der Waals surface area (Å²) >= 11 is 0. The molecule has 0 aliphatic rings. The normalized spacial score (nSPS) is 12.2. The number of benzene rings is 1. The molecule has 0 fully saturated rings. The van der Waals surface area contributed by atoms with Crippen LogP contribution in [0.2, 0.25) is 0 Å². The van der Waals surface area contributed by atoms with Gasteiger partial charge >= 0.3 is 0 Å². The molecule has 0 amide bonds. The van der Waals surface area contributed by atoms with Gasteiger partial charge in [-0.15, -0.1) is 0 Å². The van der Waals surface area contributed by atoms with E-state index in [4.69, 9.17) is 4.74 Å². The van der Waals surface area contributed by atoms with Gasteiger partial charge in [-0.1, -0.05) is 37.8 Å². The predicted octanol–water partition coefficient (Wildman–Crippen LogP) is 3.75. The number of nitrogens with one attached hydrogen (secondary N) is 1. The lowest BCUT2D eigenvalue weighted by atomic mass is 10.1. The summed E-state index contributed by atoms with van der Waals surface area (Å²) in [5.74, 6) is 0.744. The lowest BCUT2D eigenvalue weighted by Gasteiger charge is -2.14. The van der Waals surface area contributed by atoms with Crippen LogP contribution in [0.25, 0.3) is 5.76 Å². The van der Waals surface area contributed by atoms with Gasteiger partial charge in [0.25, 0.3) is 0 Å². The molecule has 0 aliphatic heterocycles. The van der Waals surface area contributed by atoms with E-state index >= 15 is 0 Å². The molecule has 1 N–H and O–H groups in total. The van der Waals surface area contributed by atoms with Crippen molar-refractivity contribution < 1.29 is 4.74 Å². The molecule has 0 bridgehead atoms. The predicted molar refractivity (Wildman–Crippen MR) is 73.8 cm³/mol. The average molecular weight is 233 g/mol. The minimum absolute atomic E-state index is 0.393. The van der Waals surface area contributed by atoms with Gasteiger partial charge in [0.05, 0.1) is 6.61 Å². The Kier molecular flexibility index (Phi) is 5.78. The molecule has 1 atom stereocenters. The fourth-order valence-corrected chi connectivity index (χ4v) is 1.69. The zero-order valence-corrected chi connectivity index (χ0v) is 11.1. The second kappa shape index (κ2) is 7.13. The summed E-state index contributed by atoms with van der Waals surface area (Å²) < 4.78 is 5.38. The molecule has 1 aromatic carbocycles. The van der Waals surface area contributed by atoms with Gasteiger partial charge < -0.3 is 10.1 Å². The maximum Gasteiger partial charge on any atom is 0.119 e. The zero-order valence-electron chi connectivity index (χ0n) is 11.1. The van der Waals surface area contributed by atoms with Crippen molar-refractivity contribution in [2.24, 2.45) is 0 Å². The maximum absolute atomic E-state index is 5.38. The van der Waals surface area contributed by atoms with E-state index < -0.39 is 0 Å². The van der Waals surface area contributed by atoms with Crippen LogP contribution in [0.5, 0.6) is 0 Å². The minimum Gasteiger partial charge on any atom is -0.494 e. The third kappa shape index (κ3) is 4.23. The number of hydrogen-bond acceptors (Lipinski definition) is 2. The quantitative estimate of drug-likeness (QED) is 0.724. The topological polar surface area (TPSA) is 21.3 Å². The van der Waals surface area contributed by atoms with Gasteiger partial charge in [0.1, 0.15) is 5.76 Å². The Balaban J connectivity index is 2.64. The van der Waals surface area contributed by atoms with Crippen LogP contribution >= 0.6 is 0 Å². The van der Waals surface area contributed by atoms with Gasteiger partial charge in [-0.3, -0.25) is 0 Å². The van der Waals surface area contributed by atoms with Gasteiger partial charge in [0.15, 0.2) is 0 Å². The summed E-state index contributed by atoms with van der Waals surface area (Å²) in [5.41, 5.74) is 2.35. The molecule has 0 saturated carbocycles. The van der Waals surface area contributed by atoms with E-state index in [-0.39, 0.29) is 0 Å². The smallest absolute Gasteiger partial charge is 0.119 e. The van der Waals surface area contributed by atoms with E-state index in [1.807, 2.05) is 6.92 Å². The van der Waals surface area contributed by atoms with Crippen LogP contribution in [0, 0.1) is 0 Å². The van der Waals surface area contributed by atoms with E-state index in [0.29, 0.717) is 12.6 Å². The highest BCUT2D eigenvalue weighted by molar-refractivity contribution is 5.57. The fraction of sp³-hybridized carbons (Fsp3) is 0.467. The highest BCUT2D eigenvalue weighted by Gasteiger charge is 2.05. The third-order valence-electron chi connectivity index (χ3n) is 2.75. The van der Waals surface area contributed by atoms with Crippen LogP contribution in [0.15, 0.2) is 30.8 Å². The van der Waals surface area contributed by atoms with Gasteiger partial charge in [0.2, 0.25) is 0 Å². The van der Waals surface area contributed by atoms with E-state index in [1.165, 1.54) is 5.56 Å². The molecule has 0 aromatic heterocycles. The minimum atomic E-state index is 0.393. The zero-order chi connectivity index (χ0) is 12.7. The Bertz CT molecular complexity index is 342. The van der Waals surface area contributed by atoms with E-state index in [2.05, 4.69) is 50.0 Å². The molecule has 0 heterocycles. The second-order valence-corrected chi connectivity index (χ2v) is 4.15. The van der Waals surface area contributed by atoms with Crippen molar-refractivity contribution in [1.82, 2.24) is 5.32 Å². The first kappa shape index (κ1) is 13.8. The number of hydrogen-bond donors (Lipinski definition) is 1. The highest BCUT2D eigenvalue weighted by atomic mass is 16.5. The molecule has 17 heavy (non-hydrogen) atoms. The Labute approximate surface area is 105 Å². The van der Waals surface area contributed by atoms with Crippen LogP contribution < -0.4 is 5.32 Å². The molecule has 0 aliphatic carbocycles. The second-order valence-electron chi connectivity index (χ2n) is 4.15. The van der Waals surface area contributed by atoms with Gasteiger partial charge in [0, 0.05) is 11.6 Å². The van der Waals surface area contributed by atoms with Crippen molar-refractivity contribution in [2.45, 2.75) is 33.2 Å². The summed E-state index contributed by atoms with van der Waals surface area (Å²) in [6.45, 7) is 11.9. The first-order valence-electron chi connectivity index (χ1n) is 6.34. The van der Waals surface area contributed by atoms with Crippen molar-refractivity contribution in [3.05, 3.63) is 42.0 Å². The third-order valence-corrected chi connectivity index (χ3v) is 2.75. The molecule has 94 valence electrons. The first-order valence-corrected chi connectivity index (χ1v) is 6.34. The van der Waals surface area contributed by atoms with Crippen LogP contribution in [-0.4, -0.2) is 13.2 Å². The molecule has 0 spiro atoms. The van der Waals surface area contributed by atoms with Crippen LogP contribution in [0.4, 0.5) is 0 Å². The molecule has 0 saturated heterocycles.